The zero-order chi connectivity index (χ0) is 30.2. The fourth-order valence-corrected chi connectivity index (χ4v) is 5.65. The van der Waals surface area contributed by atoms with Crippen LogP contribution in [-0.2, 0) is 10.6 Å². The lowest BCUT2D eigenvalue weighted by molar-refractivity contribution is 0.360. The lowest BCUT2D eigenvalue weighted by atomic mass is 9.87. The second kappa shape index (κ2) is 17.9. The van der Waals surface area contributed by atoms with E-state index in [-0.39, 0.29) is 0 Å². The van der Waals surface area contributed by atoms with Gasteiger partial charge in [-0.15, -0.1) is 12.6 Å². The molecule has 0 bridgehead atoms. The predicted molar refractivity (Wildman–Crippen MR) is 171 cm³/mol. The molecule has 5 rings (SSSR count). The quantitative estimate of drug-likeness (QED) is 0.160. The monoisotopic (exact) mass is 586 g/mol. The van der Waals surface area contributed by atoms with Crippen LogP contribution in [0.5, 0.6) is 0 Å². The van der Waals surface area contributed by atoms with E-state index < -0.39 is 10.6 Å². The molecule has 222 valence electrons. The number of nitrogens with one attached hydrogen (secondary N) is 1. The highest BCUT2D eigenvalue weighted by Gasteiger charge is 2.24. The van der Waals surface area contributed by atoms with Gasteiger partial charge in [0.15, 0.2) is 5.69 Å². The highest BCUT2D eigenvalue weighted by atomic mass is 32.2. The van der Waals surface area contributed by atoms with Gasteiger partial charge in [-0.2, -0.15) is 0 Å². The molecule has 1 saturated carbocycles. The van der Waals surface area contributed by atoms with Gasteiger partial charge in [0.2, 0.25) is 0 Å². The van der Waals surface area contributed by atoms with Gasteiger partial charge in [-0.3, -0.25) is 0 Å². The van der Waals surface area contributed by atoms with E-state index in [0.29, 0.717) is 12.0 Å². The summed E-state index contributed by atoms with van der Waals surface area (Å²) in [4.78, 5) is 3.74. The summed E-state index contributed by atoms with van der Waals surface area (Å²) in [5.74, 6) is 0.300. The normalized spacial score (nSPS) is 13.6. The maximum atomic E-state index is 8.44. The Hall–Kier alpha value is -3.77. The lowest BCUT2D eigenvalue weighted by Gasteiger charge is -2.24. The molecule has 0 saturated heterocycles. The van der Waals surface area contributed by atoms with Crippen molar-refractivity contribution < 1.29 is 12.6 Å². The van der Waals surface area contributed by atoms with Crippen LogP contribution in [0.3, 0.4) is 0 Å². The molecule has 1 heterocycles. The van der Waals surface area contributed by atoms with Gasteiger partial charge in [0.25, 0.3) is 0 Å². The Morgan fingerprint density at radius 3 is 2.21 bits per heavy atom. The highest BCUT2D eigenvalue weighted by Crippen LogP contribution is 2.40. The first kappa shape index (κ1) is 32.7. The molecular formula is C34H42N4O3S. The van der Waals surface area contributed by atoms with Crippen molar-refractivity contribution in [3.05, 3.63) is 113 Å². The number of fused-ring (bicyclic) bond motifs is 1. The van der Waals surface area contributed by atoms with Crippen LogP contribution in [0.25, 0.3) is 15.7 Å². The third kappa shape index (κ3) is 10.3. The molecule has 1 atom stereocenters. The van der Waals surface area contributed by atoms with Gasteiger partial charge in [0.05, 0.1) is 6.57 Å². The topological polar surface area (TPSA) is 98.5 Å². The van der Waals surface area contributed by atoms with E-state index >= 15 is 0 Å². The average Bonchev–Trinajstić information content (AvgIpc) is 3.39. The van der Waals surface area contributed by atoms with E-state index in [9.17, 15) is 0 Å². The van der Waals surface area contributed by atoms with Crippen molar-refractivity contribution in [1.29, 1.82) is 0 Å². The van der Waals surface area contributed by atoms with E-state index in [4.69, 9.17) is 24.9 Å². The van der Waals surface area contributed by atoms with Crippen molar-refractivity contribution in [2.24, 2.45) is 5.73 Å². The first-order chi connectivity index (χ1) is 20.4. The van der Waals surface area contributed by atoms with Crippen LogP contribution in [0.15, 0.2) is 85.1 Å². The molecule has 0 amide bonds. The molecule has 0 spiro atoms. The second-order valence-corrected chi connectivity index (χ2v) is 11.0. The van der Waals surface area contributed by atoms with Crippen molar-refractivity contribution >= 4 is 27.2 Å². The van der Waals surface area contributed by atoms with Gasteiger partial charge < -0.3 is 15.6 Å². The molecule has 7 nitrogen and oxygen atoms in total. The van der Waals surface area contributed by atoms with Crippen LogP contribution >= 0.6 is 0 Å². The first-order valence-electron chi connectivity index (χ1n) is 14.7. The van der Waals surface area contributed by atoms with E-state index in [1.807, 2.05) is 42.5 Å². The van der Waals surface area contributed by atoms with Crippen LogP contribution in [0.2, 0.25) is 0 Å². The van der Waals surface area contributed by atoms with Gasteiger partial charge in [-0.05, 0) is 80.9 Å². The molecule has 0 radical (unpaired) electrons. The summed E-state index contributed by atoms with van der Waals surface area (Å²) >= 11 is 0. The minimum Gasteiger partial charge on any atom is -0.344 e. The molecule has 1 aromatic heterocycles. The SMILES string of the molecule is O=S(=O)=O.[C-]#[N+]c1ccc2c(c1)c(C(CCNCCCN)c1cccc(C)c1)cn2C1CCCCC1.c1ccccc1. The van der Waals surface area contributed by atoms with Crippen LogP contribution in [0.4, 0.5) is 5.69 Å². The summed E-state index contributed by atoms with van der Waals surface area (Å²) in [6, 6.07) is 27.8. The van der Waals surface area contributed by atoms with Gasteiger partial charge in [-0.1, -0.05) is 91.6 Å². The van der Waals surface area contributed by atoms with Crippen molar-refractivity contribution in [2.75, 3.05) is 19.6 Å². The number of nitrogens with two attached hydrogens (primary N) is 1. The van der Waals surface area contributed by atoms with Crippen LogP contribution in [-0.4, -0.2) is 36.8 Å². The van der Waals surface area contributed by atoms with Crippen molar-refractivity contribution in [3.63, 3.8) is 0 Å². The molecule has 1 aliphatic rings. The molecule has 8 heteroatoms. The molecule has 0 aliphatic heterocycles. The number of benzene rings is 3. The molecule has 3 aromatic carbocycles. The molecular weight excluding hydrogens is 544 g/mol. The number of hydrogen-bond acceptors (Lipinski definition) is 5. The number of rotatable bonds is 9. The third-order valence-corrected chi connectivity index (χ3v) is 7.60. The predicted octanol–water partition coefficient (Wildman–Crippen LogP) is 7.15. The fourth-order valence-electron chi connectivity index (χ4n) is 5.65. The summed E-state index contributed by atoms with van der Waals surface area (Å²) in [6.07, 6.45) is 10.9. The zero-order valence-electron chi connectivity index (χ0n) is 24.4. The summed E-state index contributed by atoms with van der Waals surface area (Å²) in [5.41, 5.74) is 11.7. The number of aryl methyl sites for hydroxylation is 1. The summed E-state index contributed by atoms with van der Waals surface area (Å²) in [7, 11) is -3.11. The van der Waals surface area contributed by atoms with Crippen LogP contribution in [0, 0.1) is 13.5 Å². The Bertz CT molecular complexity index is 1490. The summed E-state index contributed by atoms with van der Waals surface area (Å²) in [6.45, 7) is 12.4. The van der Waals surface area contributed by atoms with Crippen molar-refractivity contribution in [2.45, 2.75) is 63.8 Å². The van der Waals surface area contributed by atoms with Crippen LogP contribution in [0.1, 0.15) is 73.6 Å². The molecule has 1 aliphatic carbocycles. The summed E-state index contributed by atoms with van der Waals surface area (Å²) < 4.78 is 27.9. The molecule has 42 heavy (non-hydrogen) atoms. The number of aromatic nitrogens is 1. The Morgan fingerprint density at radius 2 is 1.62 bits per heavy atom. The Kier molecular flexibility index (Phi) is 14.0. The van der Waals surface area contributed by atoms with Crippen LogP contribution < -0.4 is 11.1 Å². The average molecular weight is 587 g/mol. The van der Waals surface area contributed by atoms with Gasteiger partial charge in [0.1, 0.15) is 0 Å². The first-order valence-corrected chi connectivity index (χ1v) is 15.7. The Labute approximate surface area is 251 Å². The van der Waals surface area contributed by atoms with E-state index in [2.05, 4.69) is 64.2 Å². The Morgan fingerprint density at radius 1 is 0.952 bits per heavy atom. The maximum absolute atomic E-state index is 8.44. The fraction of sp³-hybridized carbons (Fsp3) is 0.382. The molecule has 3 N–H and O–H groups in total. The lowest BCUT2D eigenvalue weighted by Crippen LogP contribution is -2.21. The number of hydrogen-bond donors (Lipinski definition) is 2. The molecule has 1 unspecified atom stereocenters. The second-order valence-electron chi connectivity index (χ2n) is 10.6. The highest BCUT2D eigenvalue weighted by molar-refractivity contribution is 7.59. The largest absolute Gasteiger partial charge is 0.425 e. The summed E-state index contributed by atoms with van der Waals surface area (Å²) in [5, 5.41) is 4.82. The van der Waals surface area contributed by atoms with E-state index in [1.165, 1.54) is 59.7 Å². The van der Waals surface area contributed by atoms with Crippen molar-refractivity contribution in [1.82, 2.24) is 9.88 Å². The Balaban J connectivity index is 0.000000412. The van der Waals surface area contributed by atoms with E-state index in [1.54, 1.807) is 0 Å². The molecule has 4 aromatic rings. The maximum Gasteiger partial charge on any atom is 0.425 e. The molecule has 1 fully saturated rings. The van der Waals surface area contributed by atoms with Gasteiger partial charge >= 0.3 is 10.6 Å². The van der Waals surface area contributed by atoms with Gasteiger partial charge in [-0.25, -0.2) is 4.85 Å². The number of nitrogens with zero attached hydrogens (tertiary/aromatic N) is 2. The standard InChI is InChI=1S/C28H36N4.C6H6.O3S/c1-21-8-6-9-22(18-21)25(14-17-31-16-7-15-29)27-20-32(24-10-4-3-5-11-24)28-13-12-23(30-2)19-26(27)28;1-2-4-6-5-3-1;1-4(2)3/h6,8-9,12-13,18-20,24-25,31H,3-5,7,10-11,14-17,29H2,1H3;1-6H;. The third-order valence-electron chi connectivity index (χ3n) is 7.60. The van der Waals surface area contributed by atoms with Crippen molar-refractivity contribution in [3.8, 4) is 0 Å². The minimum atomic E-state index is -3.11. The van der Waals surface area contributed by atoms with Gasteiger partial charge in [0, 0.05) is 23.7 Å². The van der Waals surface area contributed by atoms with E-state index in [0.717, 1.165) is 38.2 Å². The smallest absolute Gasteiger partial charge is 0.344 e. The minimum absolute atomic E-state index is 0.300. The zero-order valence-corrected chi connectivity index (χ0v) is 25.2.